The molecule has 0 saturated carbocycles. The summed E-state index contributed by atoms with van der Waals surface area (Å²) in [7, 11) is 5.48. The van der Waals surface area contributed by atoms with Crippen LogP contribution in [0.3, 0.4) is 0 Å². The molecule has 2 N–H and O–H groups in total. The van der Waals surface area contributed by atoms with Crippen LogP contribution in [0.2, 0.25) is 0 Å². The molecular formula is C56H80N10O8S. The summed E-state index contributed by atoms with van der Waals surface area (Å²) in [5, 5.41) is 5.36. The second kappa shape index (κ2) is 22.0. The standard InChI is InChI=1S/C56H80N10O8S/c1-11-45(67)64-26-25-60(8)55(33-64)19-23-62(24-20-55)53(71)61(9)47(36(3)4)49(68)58-51-56(35-75-51)30-39-32-63(27-28-73-39)38-17-18-44-41(29-38)42(48(65(44)12-2)40-15-13-21-57-46(40)37(5)72-10)31-54(6,7)34-74-50(69)43-16-14-22-66(59-43)52(56)70/h11,13,15,17-18,21,29,36-37,39,43,47,51,59H,1,12,14,16,19-20,22-28,30-35H2,2-10H3,(H,58,68)/t37-,39-,43-,47-,51?,56-/m0/s1. The average molecular weight is 1050 g/mol. The Hall–Kier alpha value is -5.21. The van der Waals surface area contributed by atoms with Gasteiger partial charge in [-0.1, -0.05) is 34.3 Å². The number of rotatable bonds is 9. The van der Waals surface area contributed by atoms with E-state index in [0.717, 1.165) is 45.6 Å². The third-order valence-corrected chi connectivity index (χ3v) is 18.7. The summed E-state index contributed by atoms with van der Waals surface area (Å²) in [6.45, 7) is 21.8. The van der Waals surface area contributed by atoms with E-state index in [1.807, 2.05) is 42.8 Å². The molecule has 5 amide bonds. The molecule has 0 radical (unpaired) electrons. The first-order chi connectivity index (χ1) is 35.8. The van der Waals surface area contributed by atoms with Crippen molar-refractivity contribution in [3.8, 4) is 11.3 Å². The molecule has 19 heteroatoms. The number of nitrogens with one attached hydrogen (secondary N) is 2. The highest BCUT2D eigenvalue weighted by Gasteiger charge is 2.58. The minimum Gasteiger partial charge on any atom is -0.464 e. The Labute approximate surface area is 447 Å². The van der Waals surface area contributed by atoms with Crippen molar-refractivity contribution in [1.82, 2.24) is 44.9 Å². The molecule has 6 bridgehead atoms. The molecule has 6 aliphatic heterocycles. The van der Waals surface area contributed by atoms with Crippen molar-refractivity contribution in [2.75, 3.05) is 97.4 Å². The number of methoxy groups -OCH3 is 1. The number of carbonyl (C=O) groups excluding carboxylic acids is 5. The van der Waals surface area contributed by atoms with Crippen molar-refractivity contribution < 1.29 is 38.2 Å². The van der Waals surface area contributed by atoms with Gasteiger partial charge in [-0.15, -0.1) is 11.8 Å². The molecule has 75 heavy (non-hydrogen) atoms. The third-order valence-electron chi connectivity index (χ3n) is 17.2. The van der Waals surface area contributed by atoms with Gasteiger partial charge in [0.25, 0.3) is 0 Å². The van der Waals surface area contributed by atoms with Crippen molar-refractivity contribution in [2.24, 2.45) is 16.7 Å². The zero-order valence-corrected chi connectivity index (χ0v) is 46.5. The van der Waals surface area contributed by atoms with Crippen LogP contribution in [0.5, 0.6) is 0 Å². The highest BCUT2D eigenvalue weighted by molar-refractivity contribution is 8.01. The van der Waals surface area contributed by atoms with Gasteiger partial charge in [0.1, 0.15) is 12.1 Å². The number of carbonyl (C=O) groups is 5. The minimum absolute atomic E-state index is 0.0790. The van der Waals surface area contributed by atoms with E-state index in [4.69, 9.17) is 19.2 Å². The number of benzene rings is 1. The maximum atomic E-state index is 15.4. The molecule has 6 aliphatic rings. The molecule has 408 valence electrons. The van der Waals surface area contributed by atoms with Gasteiger partial charge in [-0.3, -0.25) is 34.1 Å². The monoisotopic (exact) mass is 1050 g/mol. The molecule has 5 saturated heterocycles. The number of likely N-dealkylation sites (tertiary alicyclic amines) is 1. The lowest BCUT2D eigenvalue weighted by Gasteiger charge is -2.53. The maximum absolute atomic E-state index is 15.4. The molecule has 1 unspecified atom stereocenters. The smallest absolute Gasteiger partial charge is 0.324 e. The van der Waals surface area contributed by atoms with Crippen LogP contribution < -0.4 is 15.6 Å². The molecule has 5 fully saturated rings. The van der Waals surface area contributed by atoms with E-state index in [-0.39, 0.29) is 54.0 Å². The Morgan fingerprint density at radius 2 is 1.84 bits per heavy atom. The number of hydrogen-bond donors (Lipinski definition) is 2. The molecule has 1 aromatic carbocycles. The molecule has 3 aromatic rings. The highest BCUT2D eigenvalue weighted by Crippen LogP contribution is 2.50. The van der Waals surface area contributed by atoms with E-state index >= 15 is 4.79 Å². The van der Waals surface area contributed by atoms with E-state index in [1.54, 1.807) is 24.1 Å². The van der Waals surface area contributed by atoms with Gasteiger partial charge >= 0.3 is 12.0 Å². The second-order valence-electron chi connectivity index (χ2n) is 23.0. The number of piperazine rings is 1. The molecule has 6 atom stereocenters. The number of amides is 5. The van der Waals surface area contributed by atoms with Crippen molar-refractivity contribution in [3.05, 3.63) is 60.4 Å². The third kappa shape index (κ3) is 10.5. The number of morpholine rings is 1. The summed E-state index contributed by atoms with van der Waals surface area (Å²) in [6.07, 6.45) is 5.97. The number of nitrogens with zero attached hydrogens (tertiary/aromatic N) is 8. The summed E-state index contributed by atoms with van der Waals surface area (Å²) in [4.78, 5) is 86.1. The van der Waals surface area contributed by atoms with Crippen LogP contribution in [0.4, 0.5) is 10.5 Å². The number of thioether (sulfide) groups is 1. The van der Waals surface area contributed by atoms with E-state index in [1.165, 1.54) is 17.8 Å². The molecular weight excluding hydrogens is 973 g/mol. The van der Waals surface area contributed by atoms with E-state index in [0.29, 0.717) is 103 Å². The number of pyridine rings is 1. The molecule has 2 aromatic heterocycles. The normalized spacial score (nSPS) is 26.1. The van der Waals surface area contributed by atoms with Crippen molar-refractivity contribution >= 4 is 58.1 Å². The van der Waals surface area contributed by atoms with Gasteiger partial charge in [0, 0.05) is 118 Å². The first-order valence-electron chi connectivity index (χ1n) is 27.1. The number of esters is 1. The maximum Gasteiger partial charge on any atom is 0.324 e. The van der Waals surface area contributed by atoms with Crippen LogP contribution in [-0.2, 0) is 46.4 Å². The first-order valence-corrected chi connectivity index (χ1v) is 28.2. The SMILES string of the molecule is C=CC(=O)N1CCN(C)C2(CCN(C(=O)N(C)[C@H](C(=O)NC3SC[C@@]34C[C@H]3CN(CCO3)c3ccc5c(c3)c(c(-c3cccnc3[C@H](C)OC)n5CC)CC(C)(C)COC(=O)[C@@H]3CCCN(N3)C4=O)C(C)C)CC2)C1. The lowest BCUT2D eigenvalue weighted by Crippen LogP contribution is -2.69. The number of likely N-dealkylation sites (N-methyl/N-ethyl adjacent to an activating group) is 2. The van der Waals surface area contributed by atoms with E-state index < -0.39 is 34.3 Å². The molecule has 9 rings (SSSR count). The largest absolute Gasteiger partial charge is 0.464 e. The van der Waals surface area contributed by atoms with Crippen LogP contribution >= 0.6 is 11.8 Å². The Kier molecular flexibility index (Phi) is 16.0. The number of urea groups is 1. The van der Waals surface area contributed by atoms with Crippen LogP contribution in [0.25, 0.3) is 22.2 Å². The molecule has 8 heterocycles. The summed E-state index contributed by atoms with van der Waals surface area (Å²) >= 11 is 1.51. The van der Waals surface area contributed by atoms with Crippen molar-refractivity contribution in [2.45, 2.75) is 122 Å². The number of piperidine rings is 1. The Bertz CT molecular complexity index is 2650. The van der Waals surface area contributed by atoms with Crippen LogP contribution in [0.15, 0.2) is 49.2 Å². The van der Waals surface area contributed by atoms with Crippen LogP contribution in [0, 0.1) is 16.7 Å². The lowest BCUT2D eigenvalue weighted by atomic mass is 9.80. The lowest BCUT2D eigenvalue weighted by molar-refractivity contribution is -0.159. The summed E-state index contributed by atoms with van der Waals surface area (Å²) in [6, 6.07) is 8.96. The van der Waals surface area contributed by atoms with Gasteiger partial charge in [-0.2, -0.15) is 0 Å². The number of hydrogen-bond acceptors (Lipinski definition) is 13. The minimum atomic E-state index is -1.09. The summed E-state index contributed by atoms with van der Waals surface area (Å²) in [5.41, 5.74) is 7.67. The highest BCUT2D eigenvalue weighted by atomic mass is 32.2. The quantitative estimate of drug-likeness (QED) is 0.198. The predicted molar refractivity (Wildman–Crippen MR) is 291 cm³/mol. The Morgan fingerprint density at radius 3 is 2.53 bits per heavy atom. The van der Waals surface area contributed by atoms with E-state index in [2.05, 4.69) is 83.8 Å². The second-order valence-corrected chi connectivity index (χ2v) is 24.1. The average Bonchev–Trinajstić information content (AvgIpc) is 3.72. The van der Waals surface area contributed by atoms with E-state index in [9.17, 15) is 19.2 Å². The van der Waals surface area contributed by atoms with Gasteiger partial charge in [0.2, 0.25) is 17.7 Å². The number of hydrazine groups is 1. The van der Waals surface area contributed by atoms with Gasteiger partial charge in [-0.05, 0) is 107 Å². The first kappa shape index (κ1) is 54.6. The van der Waals surface area contributed by atoms with Gasteiger partial charge in [0.15, 0.2) is 0 Å². The molecule has 18 nitrogen and oxygen atoms in total. The fourth-order valence-corrected chi connectivity index (χ4v) is 14.1. The van der Waals surface area contributed by atoms with Crippen molar-refractivity contribution in [3.63, 3.8) is 0 Å². The number of fused-ring (bicyclic) bond motifs is 6. The van der Waals surface area contributed by atoms with Gasteiger partial charge in [-0.25, -0.2) is 10.2 Å². The van der Waals surface area contributed by atoms with Gasteiger partial charge in [0.05, 0.1) is 47.6 Å². The fourth-order valence-electron chi connectivity index (χ4n) is 12.7. The number of cyclic esters (lactones) is 1. The number of aromatic nitrogens is 2. The zero-order valence-electron chi connectivity index (χ0n) is 45.7. The molecule has 2 spiro atoms. The topological polar surface area (TPSA) is 174 Å². The summed E-state index contributed by atoms with van der Waals surface area (Å²) < 4.78 is 21.0. The zero-order chi connectivity index (χ0) is 53.6. The number of aryl methyl sites for hydroxylation is 1. The number of ether oxygens (including phenoxy) is 3. The Balaban J connectivity index is 1.00. The van der Waals surface area contributed by atoms with Crippen molar-refractivity contribution in [1.29, 1.82) is 0 Å². The predicted octanol–water partition coefficient (Wildman–Crippen LogP) is 5.69. The Morgan fingerprint density at radius 1 is 1.07 bits per heavy atom. The van der Waals surface area contributed by atoms with Gasteiger partial charge < -0.3 is 43.7 Å². The molecule has 0 aliphatic carbocycles. The summed E-state index contributed by atoms with van der Waals surface area (Å²) in [5.74, 6) is -0.840. The van der Waals surface area contributed by atoms with Crippen LogP contribution in [-0.4, -0.2) is 186 Å². The van der Waals surface area contributed by atoms with Crippen LogP contribution in [0.1, 0.15) is 91.0 Å². The fraction of sp³-hybridized carbons (Fsp3) is 0.643. The number of anilines is 1.